The molecular weight excluding hydrogens is 312 g/mol. The van der Waals surface area contributed by atoms with Gasteiger partial charge < -0.3 is 4.90 Å². The molecule has 5 nitrogen and oxygen atoms in total. The van der Waals surface area contributed by atoms with E-state index in [0.717, 1.165) is 30.0 Å². The van der Waals surface area contributed by atoms with Gasteiger partial charge in [0.15, 0.2) is 0 Å². The Labute approximate surface area is 139 Å². The molecule has 1 amide bonds. The zero-order valence-electron chi connectivity index (χ0n) is 13.9. The quantitative estimate of drug-likeness (QED) is 0.801. The lowest BCUT2D eigenvalue weighted by atomic mass is 9.94. The van der Waals surface area contributed by atoms with Gasteiger partial charge in [-0.15, -0.1) is 0 Å². The van der Waals surface area contributed by atoms with Gasteiger partial charge in [0.05, 0.1) is 11.4 Å². The highest BCUT2D eigenvalue weighted by Gasteiger charge is 2.28. The van der Waals surface area contributed by atoms with Crippen molar-refractivity contribution in [2.75, 3.05) is 20.1 Å². The van der Waals surface area contributed by atoms with Gasteiger partial charge in [-0.05, 0) is 31.9 Å². The zero-order valence-corrected chi connectivity index (χ0v) is 14.8. The first kappa shape index (κ1) is 17.9. The summed E-state index contributed by atoms with van der Waals surface area (Å²) in [6.07, 6.45) is 5.56. The maximum Gasteiger partial charge on any atom is 0.243 e. The Morgan fingerprint density at radius 2 is 1.74 bits per heavy atom. The average molecular weight is 338 g/mol. The number of hydrogen-bond acceptors (Lipinski definition) is 3. The van der Waals surface area contributed by atoms with Crippen LogP contribution in [-0.2, 0) is 14.8 Å². The summed E-state index contributed by atoms with van der Waals surface area (Å²) in [5, 5.41) is 0. The first-order chi connectivity index (χ1) is 11.0. The third-order valence-electron chi connectivity index (χ3n) is 4.49. The highest BCUT2D eigenvalue weighted by atomic mass is 32.2. The van der Waals surface area contributed by atoms with E-state index in [1.807, 2.05) is 11.8 Å². The Bertz CT molecular complexity index is 610. The molecule has 0 radical (unpaired) electrons. The lowest BCUT2D eigenvalue weighted by molar-refractivity contribution is -0.133. The third kappa shape index (κ3) is 4.32. The summed E-state index contributed by atoms with van der Waals surface area (Å²) in [7, 11) is -2.15. The summed E-state index contributed by atoms with van der Waals surface area (Å²) in [6.45, 7) is 2.47. The minimum atomic E-state index is -3.62. The first-order valence-electron chi connectivity index (χ1n) is 8.27. The Kier molecular flexibility index (Phi) is 6.18. The fourth-order valence-electron chi connectivity index (χ4n) is 3.17. The van der Waals surface area contributed by atoms with Gasteiger partial charge in [-0.3, -0.25) is 4.79 Å². The zero-order chi connectivity index (χ0) is 16.9. The lowest BCUT2D eigenvalue weighted by Crippen LogP contribution is -2.46. The highest BCUT2D eigenvalue weighted by molar-refractivity contribution is 7.89. The van der Waals surface area contributed by atoms with Crippen LogP contribution in [0.5, 0.6) is 0 Å². The number of amides is 1. The molecule has 0 spiro atoms. The minimum Gasteiger partial charge on any atom is -0.339 e. The summed E-state index contributed by atoms with van der Waals surface area (Å²) in [4.78, 5) is 14.6. The van der Waals surface area contributed by atoms with Crippen molar-refractivity contribution < 1.29 is 13.2 Å². The molecule has 1 aromatic carbocycles. The average Bonchev–Trinajstić information content (AvgIpc) is 2.57. The van der Waals surface area contributed by atoms with Gasteiger partial charge in [0.2, 0.25) is 15.9 Å². The summed E-state index contributed by atoms with van der Waals surface area (Å²) < 4.78 is 26.2. The van der Waals surface area contributed by atoms with Crippen molar-refractivity contribution in [1.82, 2.24) is 9.21 Å². The summed E-state index contributed by atoms with van der Waals surface area (Å²) in [5.41, 5.74) is 0. The van der Waals surface area contributed by atoms with Gasteiger partial charge in [0.25, 0.3) is 0 Å². The van der Waals surface area contributed by atoms with Crippen LogP contribution >= 0.6 is 0 Å². The van der Waals surface area contributed by atoms with E-state index in [0.29, 0.717) is 6.54 Å². The number of carbonyl (C=O) groups excluding carboxylic acids is 1. The van der Waals surface area contributed by atoms with Crippen molar-refractivity contribution >= 4 is 15.9 Å². The predicted molar refractivity (Wildman–Crippen MR) is 90.5 cm³/mol. The van der Waals surface area contributed by atoms with Gasteiger partial charge in [-0.2, -0.15) is 4.31 Å². The van der Waals surface area contributed by atoms with Gasteiger partial charge in [-0.1, -0.05) is 37.5 Å². The van der Waals surface area contributed by atoms with Crippen molar-refractivity contribution in [2.45, 2.75) is 50.0 Å². The molecule has 1 aliphatic rings. The van der Waals surface area contributed by atoms with Gasteiger partial charge >= 0.3 is 0 Å². The van der Waals surface area contributed by atoms with Crippen LogP contribution in [0.1, 0.15) is 39.0 Å². The number of hydrogen-bond donors (Lipinski definition) is 0. The van der Waals surface area contributed by atoms with Gasteiger partial charge in [0.1, 0.15) is 0 Å². The van der Waals surface area contributed by atoms with Crippen molar-refractivity contribution in [2.24, 2.45) is 0 Å². The molecule has 23 heavy (non-hydrogen) atoms. The number of likely N-dealkylation sites (N-methyl/N-ethyl adjacent to an activating group) is 2. The lowest BCUT2D eigenvalue weighted by Gasteiger charge is -2.34. The number of carbonyl (C=O) groups is 1. The maximum atomic E-state index is 12.6. The Morgan fingerprint density at radius 1 is 1.13 bits per heavy atom. The second-order valence-electron chi connectivity index (χ2n) is 6.05. The molecule has 0 heterocycles. The van der Waals surface area contributed by atoms with Crippen molar-refractivity contribution in [1.29, 1.82) is 0 Å². The van der Waals surface area contributed by atoms with Gasteiger partial charge in [0, 0.05) is 19.6 Å². The van der Waals surface area contributed by atoms with E-state index in [1.54, 1.807) is 30.3 Å². The molecule has 1 aliphatic carbocycles. The number of benzene rings is 1. The Morgan fingerprint density at radius 3 is 2.30 bits per heavy atom. The van der Waals surface area contributed by atoms with E-state index < -0.39 is 10.0 Å². The van der Waals surface area contributed by atoms with Crippen molar-refractivity contribution in [3.63, 3.8) is 0 Å². The molecule has 0 aromatic heterocycles. The molecule has 1 saturated carbocycles. The molecule has 6 heteroatoms. The standard InChI is InChI=1S/C17H26N2O3S/c1-3-19(15-10-6-4-7-11-15)17(20)14-18(2)23(21,22)16-12-8-5-9-13-16/h5,8-9,12-13,15H,3-4,6-7,10-11,14H2,1-2H3. The van der Waals surface area contributed by atoms with Crippen LogP contribution in [0.2, 0.25) is 0 Å². The molecule has 2 rings (SSSR count). The Balaban J connectivity index is 2.06. The molecule has 0 aliphatic heterocycles. The molecule has 128 valence electrons. The van der Waals surface area contributed by atoms with E-state index in [9.17, 15) is 13.2 Å². The first-order valence-corrected chi connectivity index (χ1v) is 9.71. The van der Waals surface area contributed by atoms with E-state index >= 15 is 0 Å². The monoisotopic (exact) mass is 338 g/mol. The fourth-order valence-corrected chi connectivity index (χ4v) is 4.31. The molecule has 1 fully saturated rings. The van der Waals surface area contributed by atoms with Crippen LogP contribution in [-0.4, -0.2) is 49.7 Å². The van der Waals surface area contributed by atoms with Crippen LogP contribution in [0, 0.1) is 0 Å². The van der Waals surface area contributed by atoms with Crippen molar-refractivity contribution in [3.8, 4) is 0 Å². The third-order valence-corrected chi connectivity index (χ3v) is 6.30. The summed E-state index contributed by atoms with van der Waals surface area (Å²) >= 11 is 0. The SMILES string of the molecule is CCN(C(=O)CN(C)S(=O)(=O)c1ccccc1)C1CCCCC1. The molecule has 0 bridgehead atoms. The molecule has 0 unspecified atom stereocenters. The van der Waals surface area contributed by atoms with Gasteiger partial charge in [-0.25, -0.2) is 8.42 Å². The Hall–Kier alpha value is -1.40. The van der Waals surface area contributed by atoms with Crippen LogP contribution in [0.25, 0.3) is 0 Å². The fraction of sp³-hybridized carbons (Fsp3) is 0.588. The summed E-state index contributed by atoms with van der Waals surface area (Å²) in [5.74, 6) is -0.110. The molecule has 0 atom stereocenters. The second kappa shape index (κ2) is 7.93. The molecule has 0 saturated heterocycles. The van der Waals surface area contributed by atoms with Crippen LogP contribution < -0.4 is 0 Å². The largest absolute Gasteiger partial charge is 0.339 e. The van der Waals surface area contributed by atoms with Crippen LogP contribution in [0.4, 0.5) is 0 Å². The normalized spacial score (nSPS) is 16.5. The molecule has 1 aromatic rings. The molecular formula is C17H26N2O3S. The summed E-state index contributed by atoms with van der Waals surface area (Å²) in [6, 6.07) is 8.50. The van der Waals surface area contributed by atoms with E-state index in [4.69, 9.17) is 0 Å². The van der Waals surface area contributed by atoms with E-state index in [2.05, 4.69) is 0 Å². The van der Waals surface area contributed by atoms with Crippen molar-refractivity contribution in [3.05, 3.63) is 30.3 Å². The van der Waals surface area contributed by atoms with E-state index in [-0.39, 0.29) is 23.4 Å². The van der Waals surface area contributed by atoms with E-state index in [1.165, 1.54) is 13.5 Å². The number of sulfonamides is 1. The minimum absolute atomic E-state index is 0.110. The smallest absolute Gasteiger partial charge is 0.243 e. The maximum absolute atomic E-state index is 12.6. The van der Waals surface area contributed by atoms with Crippen LogP contribution in [0.3, 0.4) is 0 Å². The topological polar surface area (TPSA) is 57.7 Å². The predicted octanol–water partition coefficient (Wildman–Crippen LogP) is 2.49. The number of nitrogens with zero attached hydrogens (tertiary/aromatic N) is 2. The highest BCUT2D eigenvalue weighted by Crippen LogP contribution is 2.23. The van der Waals surface area contributed by atoms with Crippen LogP contribution in [0.15, 0.2) is 35.2 Å². The number of rotatable bonds is 6. The molecule has 0 N–H and O–H groups in total. The second-order valence-corrected chi connectivity index (χ2v) is 8.09.